The molecule has 0 radical (unpaired) electrons. The Kier molecular flexibility index (Phi) is 6.90. The van der Waals surface area contributed by atoms with Crippen LogP contribution in [0.25, 0.3) is 10.1 Å². The van der Waals surface area contributed by atoms with Gasteiger partial charge in [-0.25, -0.2) is 0 Å². The standard InChI is InChI=1S/C22H27F3N4O3S/c1-26-18-10-14(9-13-5-3-2-4-6-13)7-8-28(18)21-27-20(30)16-11-15(22(23,24)25)12-17(29(31)32)19(16)33-21/h11-14,18,26H,2-10H2,1H3. The van der Waals surface area contributed by atoms with Gasteiger partial charge in [0.1, 0.15) is 4.70 Å². The van der Waals surface area contributed by atoms with E-state index in [0.29, 0.717) is 29.7 Å². The molecule has 7 nitrogen and oxygen atoms in total. The van der Waals surface area contributed by atoms with Gasteiger partial charge in [0.15, 0.2) is 5.13 Å². The second-order valence-corrected chi connectivity index (χ2v) is 10.0. The number of nitro benzene ring substituents is 1. The van der Waals surface area contributed by atoms with Crippen LogP contribution in [0.5, 0.6) is 0 Å². The average molecular weight is 485 g/mol. The predicted octanol–water partition coefficient (Wildman–Crippen LogP) is 5.32. The van der Waals surface area contributed by atoms with Crippen LogP contribution in [-0.4, -0.2) is 29.7 Å². The molecular weight excluding hydrogens is 457 g/mol. The highest BCUT2D eigenvalue weighted by atomic mass is 32.1. The van der Waals surface area contributed by atoms with Gasteiger partial charge in [-0.05, 0) is 44.2 Å². The van der Waals surface area contributed by atoms with E-state index in [4.69, 9.17) is 0 Å². The highest BCUT2D eigenvalue weighted by molar-refractivity contribution is 7.22. The zero-order valence-corrected chi connectivity index (χ0v) is 19.2. The lowest BCUT2D eigenvalue weighted by Gasteiger charge is -2.40. The van der Waals surface area contributed by atoms with Crippen molar-refractivity contribution in [1.82, 2.24) is 10.3 Å². The molecule has 1 aromatic carbocycles. The summed E-state index contributed by atoms with van der Waals surface area (Å²) in [5.41, 5.74) is -2.83. The van der Waals surface area contributed by atoms with E-state index >= 15 is 0 Å². The molecule has 2 heterocycles. The van der Waals surface area contributed by atoms with Gasteiger partial charge in [-0.15, -0.1) is 0 Å². The maximum absolute atomic E-state index is 13.2. The number of alkyl halides is 3. The van der Waals surface area contributed by atoms with Crippen molar-refractivity contribution in [3.8, 4) is 0 Å². The van der Waals surface area contributed by atoms with Crippen LogP contribution in [0.1, 0.15) is 56.9 Å². The minimum absolute atomic E-state index is 0.0813. The van der Waals surface area contributed by atoms with Crippen LogP contribution in [0.3, 0.4) is 0 Å². The van der Waals surface area contributed by atoms with Gasteiger partial charge < -0.3 is 10.2 Å². The molecule has 1 aliphatic carbocycles. The Morgan fingerprint density at radius 1 is 1.21 bits per heavy atom. The fraction of sp³-hybridized carbons (Fsp3) is 0.636. The highest BCUT2D eigenvalue weighted by Crippen LogP contribution is 2.40. The number of benzene rings is 1. The van der Waals surface area contributed by atoms with Crippen molar-refractivity contribution in [3.05, 3.63) is 38.2 Å². The number of rotatable bonds is 5. The zero-order valence-electron chi connectivity index (χ0n) is 18.4. The van der Waals surface area contributed by atoms with Crippen LogP contribution in [-0.2, 0) is 6.18 Å². The van der Waals surface area contributed by atoms with Crippen LogP contribution in [0.2, 0.25) is 0 Å². The van der Waals surface area contributed by atoms with E-state index < -0.39 is 27.9 Å². The number of nitro groups is 1. The minimum Gasteiger partial charge on any atom is -0.332 e. The number of halogens is 3. The number of nitrogens with zero attached hydrogens (tertiary/aromatic N) is 3. The highest BCUT2D eigenvalue weighted by Gasteiger charge is 2.35. The Morgan fingerprint density at radius 2 is 1.94 bits per heavy atom. The minimum atomic E-state index is -4.80. The number of nitrogens with one attached hydrogen (secondary N) is 1. The Labute approximate surface area is 193 Å². The first-order valence-electron chi connectivity index (χ1n) is 11.3. The van der Waals surface area contributed by atoms with Crippen molar-refractivity contribution in [3.63, 3.8) is 0 Å². The third-order valence-electron chi connectivity index (χ3n) is 6.90. The molecule has 1 saturated carbocycles. The summed E-state index contributed by atoms with van der Waals surface area (Å²) >= 11 is 0.904. The number of hydrogen-bond acceptors (Lipinski definition) is 7. The topological polar surface area (TPSA) is 88.4 Å². The first-order chi connectivity index (χ1) is 15.7. The van der Waals surface area contributed by atoms with Crippen LogP contribution in [0.15, 0.2) is 16.9 Å². The SMILES string of the molecule is CNC1CC(CC2CCCCC2)CCN1c1nc(=O)c2cc(C(F)(F)F)cc([N+](=O)[O-])c2s1. The second kappa shape index (κ2) is 9.54. The molecule has 2 unspecified atom stereocenters. The molecular formula is C22H27F3N4O3S. The van der Waals surface area contributed by atoms with E-state index in [-0.39, 0.29) is 16.3 Å². The van der Waals surface area contributed by atoms with Gasteiger partial charge >= 0.3 is 6.18 Å². The van der Waals surface area contributed by atoms with E-state index in [2.05, 4.69) is 10.3 Å². The molecule has 1 aliphatic heterocycles. The summed E-state index contributed by atoms with van der Waals surface area (Å²) in [6.07, 6.45) is 4.53. The molecule has 2 aliphatic rings. The Balaban J connectivity index is 1.64. The molecule has 2 fully saturated rings. The van der Waals surface area contributed by atoms with Gasteiger partial charge in [-0.2, -0.15) is 18.2 Å². The van der Waals surface area contributed by atoms with Crippen molar-refractivity contribution in [2.75, 3.05) is 18.5 Å². The van der Waals surface area contributed by atoms with E-state index in [9.17, 15) is 28.1 Å². The monoisotopic (exact) mass is 484 g/mol. The summed E-state index contributed by atoms with van der Waals surface area (Å²) in [4.78, 5) is 29.3. The van der Waals surface area contributed by atoms with Crippen molar-refractivity contribution >= 4 is 32.2 Å². The Morgan fingerprint density at radius 3 is 2.58 bits per heavy atom. The van der Waals surface area contributed by atoms with Gasteiger partial charge in [0.25, 0.3) is 11.2 Å². The lowest BCUT2D eigenvalue weighted by atomic mass is 9.79. The van der Waals surface area contributed by atoms with Crippen LogP contribution in [0.4, 0.5) is 24.0 Å². The molecule has 11 heteroatoms. The maximum Gasteiger partial charge on any atom is 0.416 e. The molecule has 33 heavy (non-hydrogen) atoms. The first-order valence-corrected chi connectivity index (χ1v) is 12.1. The summed E-state index contributed by atoms with van der Waals surface area (Å²) in [7, 11) is 1.82. The number of hydrogen-bond donors (Lipinski definition) is 1. The summed E-state index contributed by atoms with van der Waals surface area (Å²) in [6.45, 7) is 0.631. The number of non-ortho nitro benzene ring substituents is 1. The smallest absolute Gasteiger partial charge is 0.332 e. The number of fused-ring (bicyclic) bond motifs is 1. The average Bonchev–Trinajstić information content (AvgIpc) is 2.78. The fourth-order valence-electron chi connectivity index (χ4n) is 5.21. The van der Waals surface area contributed by atoms with E-state index in [1.807, 2.05) is 11.9 Å². The molecule has 0 amide bonds. The summed E-state index contributed by atoms with van der Waals surface area (Å²) in [6, 6.07) is 1.15. The fourth-order valence-corrected chi connectivity index (χ4v) is 6.35. The summed E-state index contributed by atoms with van der Waals surface area (Å²) in [5, 5.41) is 14.7. The molecule has 1 saturated heterocycles. The van der Waals surface area contributed by atoms with Crippen LogP contribution in [0, 0.1) is 22.0 Å². The van der Waals surface area contributed by atoms with Crippen LogP contribution < -0.4 is 15.8 Å². The molecule has 1 N–H and O–H groups in total. The number of piperidine rings is 1. The molecule has 1 aromatic heterocycles. The maximum atomic E-state index is 13.2. The third-order valence-corrected chi connectivity index (χ3v) is 8.04. The van der Waals surface area contributed by atoms with Crippen LogP contribution >= 0.6 is 11.3 Å². The number of anilines is 1. The molecule has 180 valence electrons. The summed E-state index contributed by atoms with van der Waals surface area (Å²) in [5.74, 6) is 1.30. The van der Waals surface area contributed by atoms with Crippen molar-refractivity contribution in [1.29, 1.82) is 0 Å². The molecule has 2 atom stereocenters. The van der Waals surface area contributed by atoms with Crippen molar-refractivity contribution in [2.45, 2.75) is 63.7 Å². The quantitative estimate of drug-likeness (QED) is 0.457. The summed E-state index contributed by atoms with van der Waals surface area (Å²) < 4.78 is 39.5. The van der Waals surface area contributed by atoms with Gasteiger partial charge in [-0.1, -0.05) is 43.4 Å². The Bertz CT molecular complexity index is 1080. The van der Waals surface area contributed by atoms with Gasteiger partial charge in [-0.3, -0.25) is 14.9 Å². The lowest BCUT2D eigenvalue weighted by Crippen LogP contribution is -2.50. The van der Waals surface area contributed by atoms with Gasteiger partial charge in [0.05, 0.1) is 22.0 Å². The zero-order chi connectivity index (χ0) is 23.8. The second-order valence-electron chi connectivity index (χ2n) is 9.06. The van der Waals surface area contributed by atoms with Gasteiger partial charge in [0.2, 0.25) is 0 Å². The number of aromatic nitrogens is 1. The predicted molar refractivity (Wildman–Crippen MR) is 122 cm³/mol. The molecule has 0 bridgehead atoms. The molecule has 2 aromatic rings. The molecule has 4 rings (SSSR count). The van der Waals surface area contributed by atoms with E-state index in [1.165, 1.54) is 38.5 Å². The normalized spacial score (nSPS) is 22.6. The molecule has 0 spiro atoms. The third kappa shape index (κ3) is 5.13. The first kappa shape index (κ1) is 23.9. The van der Waals surface area contributed by atoms with Crippen molar-refractivity contribution < 1.29 is 18.1 Å². The lowest BCUT2D eigenvalue weighted by molar-refractivity contribution is -0.383. The van der Waals surface area contributed by atoms with Gasteiger partial charge in [0, 0.05) is 12.6 Å². The van der Waals surface area contributed by atoms with E-state index in [1.54, 1.807) is 0 Å². The largest absolute Gasteiger partial charge is 0.416 e. The van der Waals surface area contributed by atoms with E-state index in [0.717, 1.165) is 30.1 Å². The van der Waals surface area contributed by atoms with Crippen molar-refractivity contribution in [2.24, 2.45) is 11.8 Å². The Hall–Kier alpha value is -2.27.